The third kappa shape index (κ3) is 3.73. The highest BCUT2D eigenvalue weighted by molar-refractivity contribution is 6.25. The first-order chi connectivity index (χ1) is 24.3. The Kier molecular flexibility index (Phi) is 5.38. The van der Waals surface area contributed by atoms with Gasteiger partial charge in [-0.2, -0.15) is 0 Å². The van der Waals surface area contributed by atoms with E-state index in [9.17, 15) is 0 Å². The quantitative estimate of drug-likeness (QED) is 0.194. The molecular weight excluding hydrogens is 597 g/mol. The van der Waals surface area contributed by atoms with Crippen molar-refractivity contribution in [2.45, 2.75) is 0 Å². The molecule has 0 amide bonds. The lowest BCUT2D eigenvalue weighted by atomic mass is 9.97. The largest absolute Gasteiger partial charge is 0.454 e. The first-order valence-corrected chi connectivity index (χ1v) is 16.8. The molecule has 0 aliphatic carbocycles. The van der Waals surface area contributed by atoms with Crippen LogP contribution >= 0.6 is 0 Å². The lowest BCUT2D eigenvalue weighted by molar-refractivity contribution is 0.669. The minimum absolute atomic E-state index is 0.871. The number of para-hydroxylation sites is 4. The van der Waals surface area contributed by atoms with Crippen molar-refractivity contribution in [2.24, 2.45) is 0 Å². The number of nitrogens with zero attached hydrogens (tertiary/aromatic N) is 2. The molecule has 0 atom stereocenters. The van der Waals surface area contributed by atoms with Crippen LogP contribution in [0.25, 0.3) is 81.9 Å². The zero-order valence-electron chi connectivity index (χ0n) is 26.5. The molecule has 228 valence electrons. The van der Waals surface area contributed by atoms with Gasteiger partial charge in [-0.15, -0.1) is 0 Å². The monoisotopic (exact) mass is 624 g/mol. The van der Waals surface area contributed by atoms with Crippen LogP contribution in [0.5, 0.6) is 0 Å². The maximum atomic E-state index is 6.76. The maximum absolute atomic E-state index is 6.76. The summed E-state index contributed by atoms with van der Waals surface area (Å²) in [4.78, 5) is 2.43. The Morgan fingerprint density at radius 1 is 0.429 bits per heavy atom. The molecule has 11 aromatic rings. The molecule has 0 aliphatic heterocycles. The van der Waals surface area contributed by atoms with Crippen LogP contribution < -0.4 is 4.90 Å². The Morgan fingerprint density at radius 2 is 1.02 bits per heavy atom. The standard InChI is InChI=1S/C46H28N2O/c1-2-13-29(14-3-1)37-25-30-15-4-5-16-31(30)26-43(37)47(42-23-12-20-36-35-19-8-11-24-44(35)49-46(36)42)32-27-38-33-17-6-9-21-40(33)48-41-22-10-7-18-34(41)39(28-32)45(38)48/h1-28H. The van der Waals surface area contributed by atoms with Gasteiger partial charge in [0.05, 0.1) is 27.9 Å². The molecule has 11 rings (SSSR count). The van der Waals surface area contributed by atoms with E-state index in [4.69, 9.17) is 4.42 Å². The van der Waals surface area contributed by atoms with Gasteiger partial charge in [-0.25, -0.2) is 0 Å². The van der Waals surface area contributed by atoms with Crippen LogP contribution in [0.4, 0.5) is 17.1 Å². The summed E-state index contributed by atoms with van der Waals surface area (Å²) >= 11 is 0. The van der Waals surface area contributed by atoms with Crippen molar-refractivity contribution < 1.29 is 4.42 Å². The molecule has 3 heteroatoms. The van der Waals surface area contributed by atoms with Crippen LogP contribution in [0, 0.1) is 0 Å². The lowest BCUT2D eigenvalue weighted by Gasteiger charge is -2.29. The predicted molar refractivity (Wildman–Crippen MR) is 206 cm³/mol. The topological polar surface area (TPSA) is 20.8 Å². The SMILES string of the molecule is c1ccc(-c2cc3ccccc3cc2N(c2cc3c4ccccc4n4c5ccccc5c(c2)c34)c2cccc3c2oc2ccccc23)cc1. The second kappa shape index (κ2) is 9.96. The van der Waals surface area contributed by atoms with Gasteiger partial charge in [0.25, 0.3) is 0 Å². The van der Waals surface area contributed by atoms with Crippen molar-refractivity contribution in [3.05, 3.63) is 170 Å². The zero-order chi connectivity index (χ0) is 32.1. The first-order valence-electron chi connectivity index (χ1n) is 16.8. The van der Waals surface area contributed by atoms with E-state index in [-0.39, 0.29) is 0 Å². The molecule has 0 saturated heterocycles. The molecule has 8 aromatic carbocycles. The first kappa shape index (κ1) is 26.5. The van der Waals surface area contributed by atoms with E-state index in [1.54, 1.807) is 0 Å². The molecule has 3 aromatic heterocycles. The Morgan fingerprint density at radius 3 is 1.76 bits per heavy atom. The summed E-state index contributed by atoms with van der Waals surface area (Å²) in [6, 6.07) is 61.3. The minimum atomic E-state index is 0.871. The fourth-order valence-electron chi connectivity index (χ4n) is 8.14. The fraction of sp³-hybridized carbons (Fsp3) is 0. The summed E-state index contributed by atoms with van der Waals surface area (Å²) in [5, 5.41) is 9.59. The number of rotatable bonds is 4. The normalized spacial score (nSPS) is 12.1. The molecule has 0 spiro atoms. The Hall–Kier alpha value is -6.58. The van der Waals surface area contributed by atoms with Crippen molar-refractivity contribution >= 4 is 87.9 Å². The van der Waals surface area contributed by atoms with Gasteiger partial charge >= 0.3 is 0 Å². The van der Waals surface area contributed by atoms with Crippen LogP contribution in [-0.4, -0.2) is 4.40 Å². The average molecular weight is 625 g/mol. The van der Waals surface area contributed by atoms with Gasteiger partial charge in [-0.3, -0.25) is 0 Å². The number of hydrogen-bond donors (Lipinski definition) is 0. The van der Waals surface area contributed by atoms with Gasteiger partial charge in [0.15, 0.2) is 5.58 Å². The van der Waals surface area contributed by atoms with Gasteiger partial charge in [0.2, 0.25) is 0 Å². The Balaban J connectivity index is 1.32. The summed E-state index contributed by atoms with van der Waals surface area (Å²) in [7, 11) is 0. The van der Waals surface area contributed by atoms with Crippen molar-refractivity contribution in [2.75, 3.05) is 4.90 Å². The van der Waals surface area contributed by atoms with Crippen LogP contribution in [0.3, 0.4) is 0 Å². The summed E-state index contributed by atoms with van der Waals surface area (Å²) in [6.45, 7) is 0. The molecule has 0 radical (unpaired) electrons. The summed E-state index contributed by atoms with van der Waals surface area (Å²) in [5.41, 5.74) is 11.0. The van der Waals surface area contributed by atoms with Crippen molar-refractivity contribution in [1.82, 2.24) is 4.40 Å². The van der Waals surface area contributed by atoms with E-state index in [1.807, 2.05) is 6.07 Å². The lowest BCUT2D eigenvalue weighted by Crippen LogP contribution is -2.12. The van der Waals surface area contributed by atoms with Gasteiger partial charge in [-0.1, -0.05) is 121 Å². The molecule has 0 saturated carbocycles. The van der Waals surface area contributed by atoms with Crippen molar-refractivity contribution in [3.8, 4) is 11.1 Å². The number of fused-ring (bicyclic) bond motifs is 10. The van der Waals surface area contributed by atoms with E-state index in [1.165, 1.54) is 48.9 Å². The number of anilines is 3. The smallest absolute Gasteiger partial charge is 0.159 e. The predicted octanol–water partition coefficient (Wildman–Crippen LogP) is 13.0. The number of hydrogen-bond acceptors (Lipinski definition) is 2. The molecule has 49 heavy (non-hydrogen) atoms. The second-order valence-electron chi connectivity index (χ2n) is 12.9. The van der Waals surface area contributed by atoms with Gasteiger partial charge in [0.1, 0.15) is 5.58 Å². The van der Waals surface area contributed by atoms with E-state index < -0.39 is 0 Å². The second-order valence-corrected chi connectivity index (χ2v) is 12.9. The molecular formula is C46H28N2O. The summed E-state index contributed by atoms with van der Waals surface area (Å²) in [5.74, 6) is 0. The summed E-state index contributed by atoms with van der Waals surface area (Å²) in [6.07, 6.45) is 0. The Bertz CT molecular complexity index is 2980. The molecule has 0 aliphatic rings. The van der Waals surface area contributed by atoms with E-state index in [0.29, 0.717) is 0 Å². The molecule has 3 nitrogen and oxygen atoms in total. The van der Waals surface area contributed by atoms with E-state index in [2.05, 4.69) is 173 Å². The van der Waals surface area contributed by atoms with Crippen LogP contribution in [-0.2, 0) is 0 Å². The highest BCUT2D eigenvalue weighted by atomic mass is 16.3. The van der Waals surface area contributed by atoms with Crippen LogP contribution in [0.15, 0.2) is 174 Å². The molecule has 0 N–H and O–H groups in total. The van der Waals surface area contributed by atoms with E-state index >= 15 is 0 Å². The zero-order valence-corrected chi connectivity index (χ0v) is 26.5. The molecule has 3 heterocycles. The van der Waals surface area contributed by atoms with Gasteiger partial charge < -0.3 is 13.7 Å². The van der Waals surface area contributed by atoms with Gasteiger partial charge in [-0.05, 0) is 64.9 Å². The highest BCUT2D eigenvalue weighted by Crippen LogP contribution is 2.49. The highest BCUT2D eigenvalue weighted by Gasteiger charge is 2.25. The van der Waals surface area contributed by atoms with Crippen LogP contribution in [0.1, 0.15) is 0 Å². The van der Waals surface area contributed by atoms with Crippen molar-refractivity contribution in [1.29, 1.82) is 0 Å². The fourth-order valence-corrected chi connectivity index (χ4v) is 8.14. The average Bonchev–Trinajstić information content (AvgIpc) is 3.82. The molecule has 0 bridgehead atoms. The van der Waals surface area contributed by atoms with Crippen LogP contribution in [0.2, 0.25) is 0 Å². The number of benzene rings is 8. The third-order valence-corrected chi connectivity index (χ3v) is 10.3. The Labute approximate surface area is 281 Å². The molecule has 0 fully saturated rings. The van der Waals surface area contributed by atoms with Gasteiger partial charge in [0, 0.05) is 43.6 Å². The van der Waals surface area contributed by atoms with Crippen molar-refractivity contribution in [3.63, 3.8) is 0 Å². The maximum Gasteiger partial charge on any atom is 0.159 e. The number of furan rings is 1. The molecule has 0 unspecified atom stereocenters. The number of aromatic nitrogens is 1. The third-order valence-electron chi connectivity index (χ3n) is 10.3. The minimum Gasteiger partial charge on any atom is -0.454 e. The van der Waals surface area contributed by atoms with E-state index in [0.717, 1.165) is 50.1 Å². The summed E-state index contributed by atoms with van der Waals surface area (Å²) < 4.78 is 9.20.